The second-order valence-corrected chi connectivity index (χ2v) is 7.01. The number of hydrogen-bond acceptors (Lipinski definition) is 4. The van der Waals surface area contributed by atoms with E-state index in [1.807, 2.05) is 31.0 Å². The highest BCUT2D eigenvalue weighted by Gasteiger charge is 2.20. The second kappa shape index (κ2) is 9.96. The number of benzene rings is 1. The van der Waals surface area contributed by atoms with Crippen molar-refractivity contribution in [1.29, 1.82) is 0 Å². The maximum absolute atomic E-state index is 12.4. The van der Waals surface area contributed by atoms with Crippen molar-refractivity contribution in [2.24, 2.45) is 11.7 Å². The lowest BCUT2D eigenvalue weighted by Gasteiger charge is -2.27. The van der Waals surface area contributed by atoms with Crippen LogP contribution in [0.25, 0.3) is 0 Å². The zero-order valence-corrected chi connectivity index (χ0v) is 14.5. The van der Waals surface area contributed by atoms with Crippen molar-refractivity contribution in [1.82, 2.24) is 0 Å². The predicted molar refractivity (Wildman–Crippen MR) is 93.7 cm³/mol. The van der Waals surface area contributed by atoms with E-state index in [-0.39, 0.29) is 13.2 Å². The molecule has 0 saturated heterocycles. The molecule has 0 bridgehead atoms. The fourth-order valence-corrected chi connectivity index (χ4v) is 3.78. The van der Waals surface area contributed by atoms with Crippen molar-refractivity contribution in [2.75, 3.05) is 26.0 Å². The first-order valence-corrected chi connectivity index (χ1v) is 9.10. The van der Waals surface area contributed by atoms with Crippen LogP contribution in [0.5, 0.6) is 5.75 Å². The molecular weight excluding hydrogens is 313 g/mol. The van der Waals surface area contributed by atoms with Crippen LogP contribution in [-0.2, 0) is 4.74 Å². The van der Waals surface area contributed by atoms with E-state index in [1.54, 1.807) is 0 Å². The Morgan fingerprint density at radius 3 is 2.52 bits per heavy atom. The van der Waals surface area contributed by atoms with Gasteiger partial charge in [0.15, 0.2) is 0 Å². The van der Waals surface area contributed by atoms with Gasteiger partial charge in [-0.3, -0.25) is 0 Å². The molecular formula is C18H26FNO2S. The molecule has 0 atom stereocenters. The summed E-state index contributed by atoms with van der Waals surface area (Å²) in [6.45, 7) is 0.373. The van der Waals surface area contributed by atoms with E-state index in [4.69, 9.17) is 15.2 Å². The van der Waals surface area contributed by atoms with E-state index < -0.39 is 0 Å². The fraction of sp³-hybridized carbons (Fsp3) is 0.556. The van der Waals surface area contributed by atoms with Crippen LogP contribution in [0.1, 0.15) is 25.7 Å². The average Bonchev–Trinajstić information content (AvgIpc) is 2.62. The fourth-order valence-electron chi connectivity index (χ4n) is 2.69. The van der Waals surface area contributed by atoms with Crippen molar-refractivity contribution in [2.45, 2.75) is 36.7 Å². The summed E-state index contributed by atoms with van der Waals surface area (Å²) in [5.41, 5.74) is 5.85. The topological polar surface area (TPSA) is 44.5 Å². The number of hydrogen-bond donors (Lipinski definition) is 1. The third-order valence-corrected chi connectivity index (χ3v) is 5.52. The largest absolute Gasteiger partial charge is 0.489 e. The van der Waals surface area contributed by atoms with Gasteiger partial charge in [-0.1, -0.05) is 0 Å². The summed E-state index contributed by atoms with van der Waals surface area (Å²) in [5.74, 6) is 2.67. The molecule has 23 heavy (non-hydrogen) atoms. The van der Waals surface area contributed by atoms with E-state index in [2.05, 4.69) is 12.1 Å². The van der Waals surface area contributed by atoms with Gasteiger partial charge in [-0.15, -0.1) is 11.8 Å². The zero-order valence-electron chi connectivity index (χ0n) is 13.7. The number of nitrogens with two attached hydrogens (primary N) is 1. The molecule has 0 amide bonds. The van der Waals surface area contributed by atoms with Crippen LogP contribution < -0.4 is 10.5 Å². The van der Waals surface area contributed by atoms with Crippen LogP contribution in [0.2, 0.25) is 0 Å². The smallest absolute Gasteiger partial charge is 0.119 e. The molecule has 0 heterocycles. The molecule has 1 saturated carbocycles. The molecule has 1 fully saturated rings. The van der Waals surface area contributed by atoms with Crippen LogP contribution in [0.4, 0.5) is 4.39 Å². The lowest BCUT2D eigenvalue weighted by molar-refractivity contribution is 0.0599. The second-order valence-electron chi connectivity index (χ2n) is 5.92. The van der Waals surface area contributed by atoms with Gasteiger partial charge in [0.1, 0.15) is 12.4 Å². The normalized spacial score (nSPS) is 22.1. The van der Waals surface area contributed by atoms with Gasteiger partial charge in [0.05, 0.1) is 12.4 Å². The molecule has 0 unspecified atom stereocenters. The Morgan fingerprint density at radius 2 is 1.96 bits per heavy atom. The minimum atomic E-state index is 0.176. The third kappa shape index (κ3) is 6.16. The zero-order chi connectivity index (χ0) is 16.5. The lowest BCUT2D eigenvalue weighted by Crippen LogP contribution is -2.21. The lowest BCUT2D eigenvalue weighted by atomic mass is 9.89. The summed E-state index contributed by atoms with van der Waals surface area (Å²) in [7, 11) is 1.81. The van der Waals surface area contributed by atoms with E-state index in [9.17, 15) is 4.39 Å². The Hall–Kier alpha value is -1.04. The summed E-state index contributed by atoms with van der Waals surface area (Å²) in [4.78, 5) is 1.24. The first kappa shape index (κ1) is 18.3. The molecule has 3 nitrogen and oxygen atoms in total. The van der Waals surface area contributed by atoms with Crippen molar-refractivity contribution in [3.8, 4) is 5.75 Å². The Morgan fingerprint density at radius 1 is 1.26 bits per heavy atom. The SMILES string of the molecule is CO[C@H]1CC[C@H](CSc2ccc(OC/C(=C/F)CN)cc2)CC1. The number of halogens is 1. The highest BCUT2D eigenvalue weighted by molar-refractivity contribution is 7.99. The van der Waals surface area contributed by atoms with Crippen molar-refractivity contribution in [3.63, 3.8) is 0 Å². The van der Waals surface area contributed by atoms with Gasteiger partial charge in [-0.25, -0.2) is 4.39 Å². The Kier molecular flexibility index (Phi) is 7.92. The summed E-state index contributed by atoms with van der Waals surface area (Å²) in [5, 5.41) is 0. The van der Waals surface area contributed by atoms with Crippen molar-refractivity contribution in [3.05, 3.63) is 36.2 Å². The van der Waals surface area contributed by atoms with Crippen LogP contribution in [0.3, 0.4) is 0 Å². The first-order chi connectivity index (χ1) is 11.2. The van der Waals surface area contributed by atoms with E-state index in [0.717, 1.165) is 17.4 Å². The minimum absolute atomic E-state index is 0.176. The molecule has 0 radical (unpaired) electrons. The maximum atomic E-state index is 12.4. The van der Waals surface area contributed by atoms with E-state index >= 15 is 0 Å². The average molecular weight is 339 g/mol. The molecule has 0 aliphatic heterocycles. The molecule has 1 aromatic carbocycles. The van der Waals surface area contributed by atoms with Gasteiger partial charge in [0.2, 0.25) is 0 Å². The van der Waals surface area contributed by atoms with Crippen molar-refractivity contribution < 1.29 is 13.9 Å². The van der Waals surface area contributed by atoms with Crippen LogP contribution in [0, 0.1) is 5.92 Å². The first-order valence-electron chi connectivity index (χ1n) is 8.11. The van der Waals surface area contributed by atoms with Gasteiger partial charge in [0.25, 0.3) is 0 Å². The minimum Gasteiger partial charge on any atom is -0.489 e. The number of thioether (sulfide) groups is 1. The standard InChI is InChI=1S/C18H26FNO2S/c1-21-16-4-2-14(3-5-16)13-23-18-8-6-17(7-9-18)22-12-15(10-19)11-20/h6-10,14,16H,2-5,11-13,20H2,1H3/b15-10+/t14-,16-. The highest BCUT2D eigenvalue weighted by Crippen LogP contribution is 2.31. The number of ether oxygens (including phenoxy) is 2. The van der Waals surface area contributed by atoms with Crippen LogP contribution in [0.15, 0.2) is 41.1 Å². The quantitative estimate of drug-likeness (QED) is 0.722. The molecule has 2 rings (SSSR count). The van der Waals surface area contributed by atoms with Crippen LogP contribution in [-0.4, -0.2) is 32.1 Å². The predicted octanol–water partition coefficient (Wildman–Crippen LogP) is 4.17. The molecule has 5 heteroatoms. The summed E-state index contributed by atoms with van der Waals surface area (Å²) < 4.78 is 23.3. The molecule has 1 aliphatic carbocycles. The molecule has 0 spiro atoms. The summed E-state index contributed by atoms with van der Waals surface area (Å²) in [6.07, 6.45) is 5.85. The molecule has 1 aliphatic rings. The number of rotatable bonds is 8. The molecule has 1 aromatic rings. The van der Waals surface area contributed by atoms with Gasteiger partial charge in [-0.05, 0) is 55.9 Å². The Labute approximate surface area is 142 Å². The molecule has 0 aromatic heterocycles. The van der Waals surface area contributed by atoms with Gasteiger partial charge < -0.3 is 15.2 Å². The van der Waals surface area contributed by atoms with Gasteiger partial charge in [-0.2, -0.15) is 0 Å². The van der Waals surface area contributed by atoms with Crippen molar-refractivity contribution >= 4 is 11.8 Å². The van der Waals surface area contributed by atoms with Gasteiger partial charge in [0, 0.05) is 29.9 Å². The Bertz CT molecular complexity index is 484. The molecule has 128 valence electrons. The maximum Gasteiger partial charge on any atom is 0.119 e. The number of methoxy groups -OCH3 is 1. The summed E-state index contributed by atoms with van der Waals surface area (Å²) in [6, 6.07) is 7.97. The summed E-state index contributed by atoms with van der Waals surface area (Å²) >= 11 is 1.89. The van der Waals surface area contributed by atoms with E-state index in [0.29, 0.717) is 18.0 Å². The monoisotopic (exact) mass is 339 g/mol. The Balaban J connectivity index is 1.73. The third-order valence-electron chi connectivity index (χ3n) is 4.28. The van der Waals surface area contributed by atoms with Crippen LogP contribution >= 0.6 is 11.8 Å². The van der Waals surface area contributed by atoms with E-state index in [1.165, 1.54) is 30.6 Å². The highest BCUT2D eigenvalue weighted by atomic mass is 32.2. The van der Waals surface area contributed by atoms with Gasteiger partial charge >= 0.3 is 0 Å². The molecule has 2 N–H and O–H groups in total.